The summed E-state index contributed by atoms with van der Waals surface area (Å²) in [6, 6.07) is 8.24. The molecule has 0 spiro atoms. The molecular formula is C23H23F5N6O2S. The van der Waals surface area contributed by atoms with Crippen LogP contribution in [0.2, 0.25) is 0 Å². The van der Waals surface area contributed by atoms with Gasteiger partial charge in [0.15, 0.2) is 11.6 Å². The molecule has 1 aromatic carbocycles. The van der Waals surface area contributed by atoms with Gasteiger partial charge in [0.2, 0.25) is 11.3 Å². The van der Waals surface area contributed by atoms with E-state index in [-0.39, 0.29) is 36.5 Å². The summed E-state index contributed by atoms with van der Waals surface area (Å²) >= 11 is 0. The summed E-state index contributed by atoms with van der Waals surface area (Å²) < 4.78 is 92.4. The topological polar surface area (TPSA) is 100 Å². The molecule has 1 unspecified atom stereocenters. The van der Waals surface area contributed by atoms with Crippen molar-refractivity contribution in [1.29, 1.82) is 0 Å². The number of aromatic nitrogens is 3. The van der Waals surface area contributed by atoms with E-state index < -0.39 is 33.1 Å². The van der Waals surface area contributed by atoms with Crippen molar-refractivity contribution >= 4 is 27.3 Å². The molecule has 1 fully saturated rings. The summed E-state index contributed by atoms with van der Waals surface area (Å²) in [5.41, 5.74) is -1.75. The molecule has 1 saturated carbocycles. The van der Waals surface area contributed by atoms with E-state index in [2.05, 4.69) is 25.0 Å². The Labute approximate surface area is 210 Å². The maximum absolute atomic E-state index is 15.4. The number of pyridine rings is 1. The lowest BCUT2D eigenvalue weighted by Crippen LogP contribution is -2.28. The van der Waals surface area contributed by atoms with E-state index in [1.807, 2.05) is 0 Å². The molecule has 1 aliphatic carbocycles. The zero-order valence-electron chi connectivity index (χ0n) is 19.5. The molecule has 14 heteroatoms. The first-order chi connectivity index (χ1) is 17.4. The lowest BCUT2D eigenvalue weighted by atomic mass is 10.2. The van der Waals surface area contributed by atoms with E-state index in [0.29, 0.717) is 11.3 Å². The second-order valence-corrected chi connectivity index (χ2v) is 10.4. The van der Waals surface area contributed by atoms with E-state index in [0.717, 1.165) is 32.0 Å². The molecule has 0 aliphatic heterocycles. The fourth-order valence-corrected chi connectivity index (χ4v) is 4.06. The van der Waals surface area contributed by atoms with Gasteiger partial charge < -0.3 is 10.2 Å². The molecule has 2 N–H and O–H groups in total. The van der Waals surface area contributed by atoms with Crippen molar-refractivity contribution in [1.82, 2.24) is 15.0 Å². The first-order valence-electron chi connectivity index (χ1n) is 11.2. The second kappa shape index (κ2) is 10.4. The molecule has 0 radical (unpaired) electrons. The molecule has 1 aliphatic rings. The molecule has 198 valence electrons. The van der Waals surface area contributed by atoms with Crippen molar-refractivity contribution in [3.63, 3.8) is 0 Å². The van der Waals surface area contributed by atoms with Gasteiger partial charge in [-0.3, -0.25) is 9.71 Å². The molecule has 4 rings (SSSR count). The highest BCUT2D eigenvalue weighted by molar-refractivity contribution is 7.93. The van der Waals surface area contributed by atoms with E-state index >= 15 is 4.39 Å². The highest BCUT2D eigenvalue weighted by Gasteiger charge is 2.34. The highest BCUT2D eigenvalue weighted by atomic mass is 32.2. The maximum atomic E-state index is 15.4. The minimum absolute atomic E-state index is 0.00629. The van der Waals surface area contributed by atoms with Gasteiger partial charge in [0.1, 0.15) is 6.33 Å². The standard InChI is InChI=1S/C23H23F5N6O2S/c1-14(24)37(35,36)33-17-5-2-15(3-6-17)10-30-21-20(25)22(32-13-31-21)34(19-8-9-19)12-18-7-4-16(11-29-18)23(26,27)28/h2-7,11,13-14,19,33H,8-10,12H2,1H3,(H,30,31,32). The van der Waals surface area contributed by atoms with Gasteiger partial charge in [-0.25, -0.2) is 22.8 Å². The zero-order valence-corrected chi connectivity index (χ0v) is 20.3. The van der Waals surface area contributed by atoms with E-state index in [4.69, 9.17) is 0 Å². The number of sulfonamides is 1. The maximum Gasteiger partial charge on any atom is 0.417 e. The fraction of sp³-hybridized carbons (Fsp3) is 0.348. The number of hydrogen-bond donors (Lipinski definition) is 2. The molecule has 2 heterocycles. The number of hydrogen-bond acceptors (Lipinski definition) is 7. The van der Waals surface area contributed by atoms with Crippen LogP contribution in [0, 0.1) is 5.82 Å². The van der Waals surface area contributed by atoms with Crippen LogP contribution in [0.15, 0.2) is 48.9 Å². The van der Waals surface area contributed by atoms with E-state index in [9.17, 15) is 26.0 Å². The third-order valence-electron chi connectivity index (χ3n) is 5.62. The smallest absolute Gasteiger partial charge is 0.363 e. The van der Waals surface area contributed by atoms with Gasteiger partial charge in [0, 0.05) is 24.5 Å². The van der Waals surface area contributed by atoms with Crippen molar-refractivity contribution in [2.24, 2.45) is 0 Å². The van der Waals surface area contributed by atoms with Crippen molar-refractivity contribution in [3.05, 3.63) is 71.6 Å². The van der Waals surface area contributed by atoms with Crippen LogP contribution in [0.25, 0.3) is 0 Å². The minimum atomic E-state index is -4.50. The Balaban J connectivity index is 1.45. The first kappa shape index (κ1) is 26.5. The molecule has 37 heavy (non-hydrogen) atoms. The van der Waals surface area contributed by atoms with Gasteiger partial charge in [-0.2, -0.15) is 17.6 Å². The number of nitrogens with zero attached hydrogens (tertiary/aromatic N) is 4. The summed E-state index contributed by atoms with van der Waals surface area (Å²) in [5.74, 6) is -0.790. The molecule has 2 aromatic heterocycles. The van der Waals surface area contributed by atoms with Crippen molar-refractivity contribution in [2.75, 3.05) is 14.9 Å². The molecule has 0 saturated heterocycles. The summed E-state index contributed by atoms with van der Waals surface area (Å²) in [4.78, 5) is 13.6. The number of halogens is 5. The number of alkyl halides is 4. The average Bonchev–Trinajstić information content (AvgIpc) is 3.68. The van der Waals surface area contributed by atoms with Crippen LogP contribution in [-0.4, -0.2) is 34.9 Å². The van der Waals surface area contributed by atoms with Crippen molar-refractivity contribution in [2.45, 2.75) is 50.6 Å². The Bertz CT molecular complexity index is 1330. The summed E-state index contributed by atoms with van der Waals surface area (Å²) in [5, 5.41) is 2.87. The monoisotopic (exact) mass is 542 g/mol. The quantitative estimate of drug-likeness (QED) is 0.353. The number of rotatable bonds is 10. The number of anilines is 3. The van der Waals surface area contributed by atoms with Gasteiger partial charge in [0.05, 0.1) is 17.8 Å². The van der Waals surface area contributed by atoms with Crippen molar-refractivity contribution < 1.29 is 30.4 Å². The summed E-state index contributed by atoms with van der Waals surface area (Å²) in [7, 11) is -4.13. The molecule has 8 nitrogen and oxygen atoms in total. The van der Waals surface area contributed by atoms with Crippen LogP contribution in [0.5, 0.6) is 0 Å². The zero-order chi connectivity index (χ0) is 26.8. The van der Waals surface area contributed by atoms with Crippen LogP contribution in [0.3, 0.4) is 0 Å². The van der Waals surface area contributed by atoms with Crippen LogP contribution >= 0.6 is 0 Å². The largest absolute Gasteiger partial charge is 0.417 e. The molecular weight excluding hydrogens is 519 g/mol. The average molecular weight is 543 g/mol. The van der Waals surface area contributed by atoms with Gasteiger partial charge in [-0.15, -0.1) is 0 Å². The number of nitrogens with one attached hydrogen (secondary N) is 2. The SMILES string of the molecule is CC(F)S(=O)(=O)Nc1ccc(CNc2ncnc(N(Cc3ccc(C(F)(F)F)cn3)C3CC3)c2F)cc1. The third kappa shape index (κ3) is 6.61. The summed E-state index contributed by atoms with van der Waals surface area (Å²) in [6.07, 6.45) is -0.999. The lowest BCUT2D eigenvalue weighted by Gasteiger charge is -2.24. The fourth-order valence-electron chi connectivity index (χ4n) is 3.43. The molecule has 0 bridgehead atoms. The molecule has 0 amide bonds. The lowest BCUT2D eigenvalue weighted by molar-refractivity contribution is -0.137. The van der Waals surface area contributed by atoms with E-state index in [1.165, 1.54) is 24.5 Å². The van der Waals surface area contributed by atoms with Crippen molar-refractivity contribution in [3.8, 4) is 0 Å². The Morgan fingerprint density at radius 2 is 1.78 bits per heavy atom. The Morgan fingerprint density at radius 3 is 2.35 bits per heavy atom. The van der Waals surface area contributed by atoms with Gasteiger partial charge in [-0.05, 0) is 49.6 Å². The molecule has 1 atom stereocenters. The van der Waals surface area contributed by atoms with Crippen LogP contribution in [-0.2, 0) is 29.3 Å². The van der Waals surface area contributed by atoms with Gasteiger partial charge >= 0.3 is 6.18 Å². The van der Waals surface area contributed by atoms with Crippen LogP contribution < -0.4 is 14.9 Å². The van der Waals surface area contributed by atoms with E-state index in [1.54, 1.807) is 17.0 Å². The Hall–Kier alpha value is -3.55. The Morgan fingerprint density at radius 1 is 1.08 bits per heavy atom. The first-order valence-corrected chi connectivity index (χ1v) is 12.8. The van der Waals surface area contributed by atoms with Crippen LogP contribution in [0.4, 0.5) is 39.3 Å². The molecule has 3 aromatic rings. The van der Waals surface area contributed by atoms with Gasteiger partial charge in [0.25, 0.3) is 10.0 Å². The predicted octanol–water partition coefficient (Wildman–Crippen LogP) is 4.87. The van der Waals surface area contributed by atoms with Gasteiger partial charge in [-0.1, -0.05) is 12.1 Å². The number of benzene rings is 1. The minimum Gasteiger partial charge on any atom is -0.363 e. The Kier molecular flexibility index (Phi) is 7.48. The second-order valence-electron chi connectivity index (χ2n) is 8.50. The highest BCUT2D eigenvalue weighted by Crippen LogP contribution is 2.35. The third-order valence-corrected chi connectivity index (χ3v) is 6.99. The normalized spacial score (nSPS) is 14.8. The van der Waals surface area contributed by atoms with Crippen LogP contribution in [0.1, 0.15) is 36.6 Å². The summed E-state index contributed by atoms with van der Waals surface area (Å²) in [6.45, 7) is 1.13. The predicted molar refractivity (Wildman–Crippen MR) is 127 cm³/mol.